The Hall–Kier alpha value is -1.86. The zero-order chi connectivity index (χ0) is 15.3. The van der Waals surface area contributed by atoms with Gasteiger partial charge in [-0.15, -0.1) is 0 Å². The summed E-state index contributed by atoms with van der Waals surface area (Å²) in [6, 6.07) is 9.85. The van der Waals surface area contributed by atoms with Crippen LogP contribution in [-0.2, 0) is 12.8 Å². The van der Waals surface area contributed by atoms with Crippen molar-refractivity contribution in [3.05, 3.63) is 46.6 Å². The van der Waals surface area contributed by atoms with E-state index in [-0.39, 0.29) is 5.41 Å². The minimum Gasteiger partial charge on any atom is -0.339 e. The van der Waals surface area contributed by atoms with Crippen LogP contribution in [0.5, 0.6) is 0 Å². The number of rotatable bonds is 6. The number of halogens is 1. The van der Waals surface area contributed by atoms with Crippen molar-refractivity contribution in [2.45, 2.75) is 39.5 Å². The van der Waals surface area contributed by atoms with E-state index in [2.05, 4.69) is 30.1 Å². The first-order valence-corrected chi connectivity index (χ1v) is 7.36. The molecule has 1 heterocycles. The second kappa shape index (κ2) is 6.73. The Morgan fingerprint density at radius 3 is 2.81 bits per heavy atom. The quantitative estimate of drug-likeness (QED) is 0.803. The average Bonchev–Trinajstić information content (AvgIpc) is 2.88. The molecule has 0 saturated heterocycles. The third-order valence-electron chi connectivity index (χ3n) is 3.75. The molecule has 21 heavy (non-hydrogen) atoms. The van der Waals surface area contributed by atoms with Crippen LogP contribution in [-0.4, -0.2) is 10.1 Å². The Kier molecular flexibility index (Phi) is 4.98. The Morgan fingerprint density at radius 2 is 2.14 bits per heavy atom. The molecule has 0 spiro atoms. The van der Waals surface area contributed by atoms with Crippen molar-refractivity contribution in [1.29, 1.82) is 5.26 Å². The van der Waals surface area contributed by atoms with Crippen molar-refractivity contribution in [3.63, 3.8) is 0 Å². The van der Waals surface area contributed by atoms with E-state index in [1.165, 1.54) is 0 Å². The van der Waals surface area contributed by atoms with Crippen molar-refractivity contribution in [1.82, 2.24) is 10.1 Å². The van der Waals surface area contributed by atoms with Crippen LogP contribution in [0.2, 0.25) is 5.02 Å². The van der Waals surface area contributed by atoms with Crippen LogP contribution in [0.15, 0.2) is 28.8 Å². The second-order valence-electron chi connectivity index (χ2n) is 5.55. The molecule has 1 unspecified atom stereocenters. The summed E-state index contributed by atoms with van der Waals surface area (Å²) in [6.45, 7) is 4.13. The lowest BCUT2D eigenvalue weighted by atomic mass is 9.81. The number of hydrogen-bond acceptors (Lipinski definition) is 4. The lowest BCUT2D eigenvalue weighted by Gasteiger charge is -2.22. The van der Waals surface area contributed by atoms with Crippen molar-refractivity contribution in [2.75, 3.05) is 0 Å². The molecule has 1 aromatic heterocycles. The topological polar surface area (TPSA) is 62.7 Å². The fourth-order valence-electron chi connectivity index (χ4n) is 2.11. The molecule has 0 radical (unpaired) electrons. The standard InChI is InChI=1S/C16H18ClN3O/c1-3-16(2,8-9-18)11-15-19-14(20-21-15)10-12-6-4-5-7-13(12)17/h4-7H,3,8,10-11H2,1-2H3. The van der Waals surface area contributed by atoms with E-state index in [9.17, 15) is 0 Å². The monoisotopic (exact) mass is 303 g/mol. The van der Waals surface area contributed by atoms with Gasteiger partial charge in [0.25, 0.3) is 0 Å². The summed E-state index contributed by atoms with van der Waals surface area (Å²) in [4.78, 5) is 4.42. The summed E-state index contributed by atoms with van der Waals surface area (Å²) in [6.07, 6.45) is 2.53. The third kappa shape index (κ3) is 4.05. The van der Waals surface area contributed by atoms with Gasteiger partial charge in [0.1, 0.15) is 0 Å². The molecule has 0 aliphatic heterocycles. The lowest BCUT2D eigenvalue weighted by molar-refractivity contribution is 0.265. The molecule has 1 atom stereocenters. The van der Waals surface area contributed by atoms with Crippen LogP contribution in [0.3, 0.4) is 0 Å². The summed E-state index contributed by atoms with van der Waals surface area (Å²) in [5, 5.41) is 13.6. The number of aromatic nitrogens is 2. The van der Waals surface area contributed by atoms with Crippen LogP contribution in [0, 0.1) is 16.7 Å². The maximum atomic E-state index is 8.91. The van der Waals surface area contributed by atoms with Gasteiger partial charge >= 0.3 is 0 Å². The summed E-state index contributed by atoms with van der Waals surface area (Å²) >= 11 is 6.13. The smallest absolute Gasteiger partial charge is 0.227 e. The van der Waals surface area contributed by atoms with Gasteiger partial charge in [-0.1, -0.05) is 48.8 Å². The first kappa shape index (κ1) is 15.5. The van der Waals surface area contributed by atoms with Gasteiger partial charge in [0, 0.05) is 24.3 Å². The first-order chi connectivity index (χ1) is 10.1. The maximum Gasteiger partial charge on any atom is 0.227 e. The molecular weight excluding hydrogens is 286 g/mol. The number of benzene rings is 1. The summed E-state index contributed by atoms with van der Waals surface area (Å²) in [5.74, 6) is 1.20. The fraction of sp³-hybridized carbons (Fsp3) is 0.438. The van der Waals surface area contributed by atoms with Crippen LogP contribution >= 0.6 is 11.6 Å². The summed E-state index contributed by atoms with van der Waals surface area (Å²) < 4.78 is 5.31. The number of nitrogens with zero attached hydrogens (tertiary/aromatic N) is 3. The molecule has 0 bridgehead atoms. The van der Waals surface area contributed by atoms with Crippen molar-refractivity contribution >= 4 is 11.6 Å². The predicted molar refractivity (Wildman–Crippen MR) is 80.9 cm³/mol. The molecule has 2 aromatic rings. The summed E-state index contributed by atoms with van der Waals surface area (Å²) in [5.41, 5.74) is 0.852. The zero-order valence-electron chi connectivity index (χ0n) is 12.3. The van der Waals surface area contributed by atoms with Gasteiger partial charge in [0.15, 0.2) is 5.82 Å². The molecule has 2 rings (SSSR count). The van der Waals surface area contributed by atoms with E-state index in [1.807, 2.05) is 24.3 Å². The Bertz CT molecular complexity index is 647. The molecule has 5 heteroatoms. The lowest BCUT2D eigenvalue weighted by Crippen LogP contribution is -2.18. The van der Waals surface area contributed by atoms with Gasteiger partial charge in [-0.25, -0.2) is 0 Å². The molecule has 0 aliphatic rings. The Morgan fingerprint density at radius 1 is 1.38 bits per heavy atom. The second-order valence-corrected chi connectivity index (χ2v) is 5.96. The Balaban J connectivity index is 2.08. The van der Waals surface area contributed by atoms with Crippen LogP contribution in [0.4, 0.5) is 0 Å². The molecule has 0 amide bonds. The van der Waals surface area contributed by atoms with Gasteiger partial charge in [-0.3, -0.25) is 0 Å². The zero-order valence-corrected chi connectivity index (χ0v) is 13.0. The highest BCUT2D eigenvalue weighted by molar-refractivity contribution is 6.31. The van der Waals surface area contributed by atoms with E-state index in [0.29, 0.717) is 36.0 Å². The summed E-state index contributed by atoms with van der Waals surface area (Å²) in [7, 11) is 0. The number of nitriles is 1. The molecule has 0 fully saturated rings. The predicted octanol–water partition coefficient (Wildman–Crippen LogP) is 4.19. The van der Waals surface area contributed by atoms with Gasteiger partial charge in [-0.2, -0.15) is 10.2 Å². The van der Waals surface area contributed by atoms with Gasteiger partial charge in [0.05, 0.1) is 6.07 Å². The molecule has 0 N–H and O–H groups in total. The van der Waals surface area contributed by atoms with Gasteiger partial charge in [-0.05, 0) is 23.5 Å². The Labute approximate surface area is 129 Å². The fourth-order valence-corrected chi connectivity index (χ4v) is 2.32. The highest BCUT2D eigenvalue weighted by atomic mass is 35.5. The van der Waals surface area contributed by atoms with Crippen LogP contribution in [0.25, 0.3) is 0 Å². The highest BCUT2D eigenvalue weighted by Gasteiger charge is 2.25. The molecule has 4 nitrogen and oxygen atoms in total. The highest BCUT2D eigenvalue weighted by Crippen LogP contribution is 2.29. The maximum absolute atomic E-state index is 8.91. The molecular formula is C16H18ClN3O. The molecule has 0 saturated carbocycles. The van der Waals surface area contributed by atoms with E-state index < -0.39 is 0 Å². The third-order valence-corrected chi connectivity index (χ3v) is 4.12. The van der Waals surface area contributed by atoms with Gasteiger partial charge < -0.3 is 4.52 Å². The van der Waals surface area contributed by atoms with E-state index in [4.69, 9.17) is 21.4 Å². The van der Waals surface area contributed by atoms with Crippen LogP contribution in [0.1, 0.15) is 44.0 Å². The van der Waals surface area contributed by atoms with E-state index in [0.717, 1.165) is 12.0 Å². The van der Waals surface area contributed by atoms with Crippen molar-refractivity contribution in [3.8, 4) is 6.07 Å². The van der Waals surface area contributed by atoms with E-state index >= 15 is 0 Å². The van der Waals surface area contributed by atoms with Gasteiger partial charge in [0.2, 0.25) is 5.89 Å². The van der Waals surface area contributed by atoms with Crippen LogP contribution < -0.4 is 0 Å². The number of hydrogen-bond donors (Lipinski definition) is 0. The largest absolute Gasteiger partial charge is 0.339 e. The van der Waals surface area contributed by atoms with E-state index in [1.54, 1.807) is 0 Å². The van der Waals surface area contributed by atoms with Crippen molar-refractivity contribution < 1.29 is 4.52 Å². The molecule has 1 aromatic carbocycles. The average molecular weight is 304 g/mol. The SMILES string of the molecule is CCC(C)(CC#N)Cc1nc(Cc2ccccc2Cl)no1. The molecule has 0 aliphatic carbocycles. The normalized spacial score (nSPS) is 13.6. The minimum atomic E-state index is -0.122. The molecule has 110 valence electrons. The van der Waals surface area contributed by atoms with Crippen molar-refractivity contribution in [2.24, 2.45) is 5.41 Å². The minimum absolute atomic E-state index is 0.122. The first-order valence-electron chi connectivity index (χ1n) is 6.98.